The fourth-order valence-corrected chi connectivity index (χ4v) is 0.704. The molecule has 0 saturated carbocycles. The van der Waals surface area contributed by atoms with E-state index in [4.69, 9.17) is 17.3 Å². The van der Waals surface area contributed by atoms with Gasteiger partial charge in [0.25, 0.3) is 0 Å². The average Bonchev–Trinajstić information content (AvgIpc) is 2.14. The van der Waals surface area contributed by atoms with Crippen LogP contribution in [0.25, 0.3) is 0 Å². The van der Waals surface area contributed by atoms with Gasteiger partial charge in [0.1, 0.15) is 0 Å². The van der Waals surface area contributed by atoms with E-state index >= 15 is 0 Å². The van der Waals surface area contributed by atoms with Gasteiger partial charge in [0, 0.05) is 6.04 Å². The molecule has 0 spiro atoms. The summed E-state index contributed by atoms with van der Waals surface area (Å²) in [5.74, 6) is 0. The Hall–Kier alpha value is -0.540. The van der Waals surface area contributed by atoms with Crippen molar-refractivity contribution < 1.29 is 0 Å². The van der Waals surface area contributed by atoms with Crippen molar-refractivity contribution in [3.63, 3.8) is 0 Å². The molecule has 1 unspecified atom stereocenters. The van der Waals surface area contributed by atoms with Gasteiger partial charge in [0.05, 0.1) is 5.69 Å². The van der Waals surface area contributed by atoms with Gasteiger partial charge in [0.2, 0.25) is 0 Å². The molecule has 1 heterocycles. The lowest BCUT2D eigenvalue weighted by molar-refractivity contribution is 0.772. The number of halogens is 1. The zero-order valence-electron chi connectivity index (χ0n) is 5.06. The summed E-state index contributed by atoms with van der Waals surface area (Å²) in [6.07, 6.45) is 0. The molecule has 3 nitrogen and oxygen atoms in total. The highest BCUT2D eigenvalue weighted by molar-refractivity contribution is 6.29. The minimum absolute atomic E-state index is 0.0231. The average molecular weight is 146 g/mol. The van der Waals surface area contributed by atoms with Gasteiger partial charge < -0.3 is 5.73 Å². The predicted octanol–water partition coefficient (Wildman–Crippen LogP) is 1.08. The third kappa shape index (κ3) is 1.43. The monoisotopic (exact) mass is 145 g/mol. The lowest BCUT2D eigenvalue weighted by Crippen LogP contribution is -2.04. The molecule has 1 aromatic heterocycles. The summed E-state index contributed by atoms with van der Waals surface area (Å²) in [5.41, 5.74) is 6.36. The first-order valence-corrected chi connectivity index (χ1v) is 3.04. The molecular weight excluding hydrogens is 138 g/mol. The summed E-state index contributed by atoms with van der Waals surface area (Å²) in [7, 11) is 0. The Kier molecular flexibility index (Phi) is 1.73. The Bertz CT molecular complexity index is 194. The largest absolute Gasteiger partial charge is 0.323 e. The summed E-state index contributed by atoms with van der Waals surface area (Å²) in [6, 6.07) is 1.69. The number of H-pyrrole nitrogens is 1. The Morgan fingerprint density at radius 3 is 2.78 bits per heavy atom. The molecule has 0 aliphatic carbocycles. The molecule has 9 heavy (non-hydrogen) atoms. The van der Waals surface area contributed by atoms with Crippen molar-refractivity contribution >= 4 is 11.6 Å². The molecule has 4 heteroatoms. The first-order chi connectivity index (χ1) is 4.20. The van der Waals surface area contributed by atoms with Crippen LogP contribution in [-0.2, 0) is 0 Å². The SMILES string of the molecule is CC(N)c1cc(Cl)n[nH]1. The van der Waals surface area contributed by atoms with E-state index in [0.717, 1.165) is 5.69 Å². The molecule has 0 saturated heterocycles. The number of hydrogen-bond donors (Lipinski definition) is 2. The quantitative estimate of drug-likeness (QED) is 0.622. The maximum Gasteiger partial charge on any atom is 0.151 e. The van der Waals surface area contributed by atoms with E-state index in [-0.39, 0.29) is 6.04 Å². The first kappa shape index (κ1) is 6.58. The molecule has 1 atom stereocenters. The molecular formula is C5H8ClN3. The summed E-state index contributed by atoms with van der Waals surface area (Å²) < 4.78 is 0. The van der Waals surface area contributed by atoms with Crippen molar-refractivity contribution in [3.05, 3.63) is 16.9 Å². The zero-order valence-corrected chi connectivity index (χ0v) is 5.81. The molecule has 50 valence electrons. The topological polar surface area (TPSA) is 54.7 Å². The molecule has 0 bridgehead atoms. The van der Waals surface area contributed by atoms with Crippen molar-refractivity contribution in [1.29, 1.82) is 0 Å². The van der Waals surface area contributed by atoms with E-state index in [1.54, 1.807) is 6.07 Å². The molecule has 0 fully saturated rings. The maximum absolute atomic E-state index is 5.51. The van der Waals surface area contributed by atoms with E-state index in [1.165, 1.54) is 0 Å². The van der Waals surface area contributed by atoms with Crippen molar-refractivity contribution in [2.45, 2.75) is 13.0 Å². The number of hydrogen-bond acceptors (Lipinski definition) is 2. The lowest BCUT2D eigenvalue weighted by Gasteiger charge is -1.96. The molecule has 0 aliphatic heterocycles. The number of nitrogens with zero attached hydrogens (tertiary/aromatic N) is 1. The molecule has 3 N–H and O–H groups in total. The molecule has 0 aliphatic rings. The predicted molar refractivity (Wildman–Crippen MR) is 36.2 cm³/mol. The highest BCUT2D eigenvalue weighted by Gasteiger charge is 2.01. The Balaban J connectivity index is 2.85. The molecule has 0 aromatic carbocycles. The van der Waals surface area contributed by atoms with E-state index < -0.39 is 0 Å². The smallest absolute Gasteiger partial charge is 0.151 e. The van der Waals surface area contributed by atoms with Gasteiger partial charge >= 0.3 is 0 Å². The fourth-order valence-electron chi connectivity index (χ4n) is 0.544. The van der Waals surface area contributed by atoms with E-state index in [9.17, 15) is 0 Å². The van der Waals surface area contributed by atoms with Gasteiger partial charge in [-0.25, -0.2) is 0 Å². The van der Waals surface area contributed by atoms with Gasteiger partial charge in [-0.1, -0.05) is 11.6 Å². The van der Waals surface area contributed by atoms with Crippen LogP contribution < -0.4 is 5.73 Å². The van der Waals surface area contributed by atoms with Crippen LogP contribution in [0.3, 0.4) is 0 Å². The minimum atomic E-state index is -0.0231. The van der Waals surface area contributed by atoms with Crippen LogP contribution in [0.5, 0.6) is 0 Å². The third-order valence-electron chi connectivity index (χ3n) is 1.06. The third-order valence-corrected chi connectivity index (χ3v) is 1.25. The second-order valence-corrected chi connectivity index (χ2v) is 2.32. The fraction of sp³-hybridized carbons (Fsp3) is 0.400. The van der Waals surface area contributed by atoms with Gasteiger partial charge in [-0.15, -0.1) is 0 Å². The standard InChI is InChI=1S/C5H8ClN3/c1-3(7)4-2-5(6)9-8-4/h2-3H,7H2,1H3,(H,8,9). The van der Waals surface area contributed by atoms with E-state index in [2.05, 4.69) is 10.2 Å². The Labute approximate surface area is 58.2 Å². The normalized spacial score (nSPS) is 13.7. The molecule has 0 amide bonds. The van der Waals surface area contributed by atoms with Crippen LogP contribution in [0.15, 0.2) is 6.07 Å². The number of rotatable bonds is 1. The van der Waals surface area contributed by atoms with Crippen LogP contribution in [0, 0.1) is 0 Å². The van der Waals surface area contributed by atoms with E-state index in [1.807, 2.05) is 6.92 Å². The zero-order chi connectivity index (χ0) is 6.85. The number of aromatic amines is 1. The van der Waals surface area contributed by atoms with Crippen LogP contribution in [0.4, 0.5) is 0 Å². The van der Waals surface area contributed by atoms with Gasteiger partial charge in [-0.2, -0.15) is 5.10 Å². The van der Waals surface area contributed by atoms with E-state index in [0.29, 0.717) is 5.15 Å². The van der Waals surface area contributed by atoms with Crippen molar-refractivity contribution in [2.24, 2.45) is 5.73 Å². The Morgan fingerprint density at radius 1 is 1.89 bits per heavy atom. The second kappa shape index (κ2) is 2.37. The maximum atomic E-state index is 5.51. The minimum Gasteiger partial charge on any atom is -0.323 e. The van der Waals surface area contributed by atoms with Crippen molar-refractivity contribution in [1.82, 2.24) is 10.2 Å². The van der Waals surface area contributed by atoms with Crippen LogP contribution in [0.1, 0.15) is 18.7 Å². The number of nitrogens with two attached hydrogens (primary N) is 1. The van der Waals surface area contributed by atoms with Crippen molar-refractivity contribution in [2.75, 3.05) is 0 Å². The Morgan fingerprint density at radius 2 is 2.56 bits per heavy atom. The van der Waals surface area contributed by atoms with Gasteiger partial charge in [0.15, 0.2) is 5.15 Å². The van der Waals surface area contributed by atoms with Crippen LogP contribution in [-0.4, -0.2) is 10.2 Å². The first-order valence-electron chi connectivity index (χ1n) is 2.66. The summed E-state index contributed by atoms with van der Waals surface area (Å²) in [4.78, 5) is 0. The van der Waals surface area contributed by atoms with Gasteiger partial charge in [-0.3, -0.25) is 5.10 Å². The van der Waals surface area contributed by atoms with Crippen LogP contribution >= 0.6 is 11.6 Å². The summed E-state index contributed by atoms with van der Waals surface area (Å²) >= 11 is 5.51. The molecule has 0 radical (unpaired) electrons. The number of nitrogens with one attached hydrogen (secondary N) is 1. The molecule has 1 aromatic rings. The highest BCUT2D eigenvalue weighted by Crippen LogP contribution is 2.10. The van der Waals surface area contributed by atoms with Crippen molar-refractivity contribution in [3.8, 4) is 0 Å². The van der Waals surface area contributed by atoms with Gasteiger partial charge in [-0.05, 0) is 13.0 Å². The summed E-state index contributed by atoms with van der Waals surface area (Å²) in [6.45, 7) is 1.86. The number of aromatic nitrogens is 2. The second-order valence-electron chi connectivity index (χ2n) is 1.93. The van der Waals surface area contributed by atoms with Crippen LogP contribution in [0.2, 0.25) is 5.15 Å². The lowest BCUT2D eigenvalue weighted by atomic mass is 10.3. The highest BCUT2D eigenvalue weighted by atomic mass is 35.5. The summed E-state index contributed by atoms with van der Waals surface area (Å²) in [5, 5.41) is 6.86. The molecule has 1 rings (SSSR count).